The summed E-state index contributed by atoms with van der Waals surface area (Å²) in [4.78, 5) is 12.5. The minimum atomic E-state index is -0.0995. The van der Waals surface area contributed by atoms with E-state index in [1.54, 1.807) is 0 Å². The number of anilines is 1. The average molecular weight is 299 g/mol. The SMILES string of the molecule is Cc1ccc(OC(=O)CC23CC4CC(CC(C4)C2)C3)c(N)c1. The number of benzene rings is 1. The highest BCUT2D eigenvalue weighted by Gasteiger charge is 2.51. The Bertz CT molecular complexity index is 572. The molecule has 0 amide bonds. The molecule has 4 saturated carbocycles. The van der Waals surface area contributed by atoms with Crippen LogP contribution in [0.4, 0.5) is 5.69 Å². The van der Waals surface area contributed by atoms with Gasteiger partial charge in [0.25, 0.3) is 0 Å². The molecule has 1 aromatic rings. The summed E-state index contributed by atoms with van der Waals surface area (Å²) in [6.45, 7) is 1.98. The molecule has 4 aliphatic rings. The van der Waals surface area contributed by atoms with E-state index in [0.717, 1.165) is 23.3 Å². The molecule has 4 bridgehead atoms. The van der Waals surface area contributed by atoms with E-state index in [2.05, 4.69) is 0 Å². The smallest absolute Gasteiger partial charge is 0.311 e. The van der Waals surface area contributed by atoms with Gasteiger partial charge >= 0.3 is 5.97 Å². The van der Waals surface area contributed by atoms with Crippen LogP contribution in [0.15, 0.2) is 18.2 Å². The molecule has 4 aliphatic carbocycles. The molecule has 3 nitrogen and oxygen atoms in total. The van der Waals surface area contributed by atoms with E-state index in [-0.39, 0.29) is 11.4 Å². The average Bonchev–Trinajstić information content (AvgIpc) is 2.39. The fourth-order valence-electron chi connectivity index (χ4n) is 5.73. The monoisotopic (exact) mass is 299 g/mol. The quantitative estimate of drug-likeness (QED) is 0.519. The van der Waals surface area contributed by atoms with Crippen molar-refractivity contribution in [2.75, 3.05) is 5.73 Å². The number of nitrogen functional groups attached to an aromatic ring is 1. The second kappa shape index (κ2) is 5.00. The van der Waals surface area contributed by atoms with Gasteiger partial charge in [-0.3, -0.25) is 4.79 Å². The molecule has 0 heterocycles. The first-order chi connectivity index (χ1) is 10.5. The number of ether oxygens (including phenoxy) is 1. The van der Waals surface area contributed by atoms with Crippen LogP contribution in [0.3, 0.4) is 0 Å². The summed E-state index contributed by atoms with van der Waals surface area (Å²) in [6, 6.07) is 5.60. The molecule has 0 aliphatic heterocycles. The lowest BCUT2D eigenvalue weighted by Crippen LogP contribution is -2.47. The van der Waals surface area contributed by atoms with Crippen molar-refractivity contribution in [2.45, 2.75) is 51.9 Å². The Morgan fingerprint density at radius 1 is 1.18 bits per heavy atom. The highest BCUT2D eigenvalue weighted by molar-refractivity contribution is 5.75. The van der Waals surface area contributed by atoms with Gasteiger partial charge in [-0.05, 0) is 86.3 Å². The van der Waals surface area contributed by atoms with Crippen LogP contribution < -0.4 is 10.5 Å². The lowest BCUT2D eigenvalue weighted by molar-refractivity contribution is -0.142. The lowest BCUT2D eigenvalue weighted by atomic mass is 9.49. The molecule has 3 heteroatoms. The maximum atomic E-state index is 12.5. The number of aryl methyl sites for hydroxylation is 1. The lowest BCUT2D eigenvalue weighted by Gasteiger charge is -2.56. The Balaban J connectivity index is 1.46. The number of hydrogen-bond acceptors (Lipinski definition) is 3. The first-order valence-electron chi connectivity index (χ1n) is 8.58. The molecule has 5 rings (SSSR count). The molecule has 0 unspecified atom stereocenters. The molecule has 0 atom stereocenters. The summed E-state index contributed by atoms with van der Waals surface area (Å²) in [6.07, 6.45) is 8.48. The van der Waals surface area contributed by atoms with Crippen molar-refractivity contribution in [1.29, 1.82) is 0 Å². The highest BCUT2D eigenvalue weighted by atomic mass is 16.5. The zero-order chi connectivity index (χ0) is 15.3. The predicted molar refractivity (Wildman–Crippen MR) is 86.4 cm³/mol. The molecule has 0 spiro atoms. The number of nitrogens with two attached hydrogens (primary N) is 1. The number of carbonyl (C=O) groups excluding carboxylic acids is 1. The van der Waals surface area contributed by atoms with Crippen LogP contribution in [0.5, 0.6) is 5.75 Å². The fraction of sp³-hybridized carbons (Fsp3) is 0.632. The third-order valence-electron chi connectivity index (χ3n) is 6.07. The van der Waals surface area contributed by atoms with E-state index in [1.165, 1.54) is 38.5 Å². The number of rotatable bonds is 3. The number of carbonyl (C=O) groups is 1. The van der Waals surface area contributed by atoms with Gasteiger partial charge in [0.2, 0.25) is 0 Å². The van der Waals surface area contributed by atoms with E-state index < -0.39 is 0 Å². The molecular formula is C19H25NO2. The zero-order valence-corrected chi connectivity index (χ0v) is 13.3. The van der Waals surface area contributed by atoms with Crippen molar-refractivity contribution in [2.24, 2.45) is 23.2 Å². The molecule has 1 aromatic carbocycles. The van der Waals surface area contributed by atoms with Crippen LogP contribution in [0.2, 0.25) is 0 Å². The van der Waals surface area contributed by atoms with Gasteiger partial charge < -0.3 is 10.5 Å². The normalized spacial score (nSPS) is 35.6. The van der Waals surface area contributed by atoms with Gasteiger partial charge in [-0.25, -0.2) is 0 Å². The zero-order valence-electron chi connectivity index (χ0n) is 13.3. The molecule has 0 aromatic heterocycles. The van der Waals surface area contributed by atoms with Crippen LogP contribution in [-0.4, -0.2) is 5.97 Å². The molecule has 118 valence electrons. The van der Waals surface area contributed by atoms with E-state index in [4.69, 9.17) is 10.5 Å². The second-order valence-corrected chi connectivity index (χ2v) is 8.11. The molecule has 2 N–H and O–H groups in total. The first kappa shape index (κ1) is 14.1. The first-order valence-corrected chi connectivity index (χ1v) is 8.58. The Morgan fingerprint density at radius 3 is 2.32 bits per heavy atom. The third-order valence-corrected chi connectivity index (χ3v) is 6.07. The molecule has 0 saturated heterocycles. The molecule has 0 radical (unpaired) electrons. The van der Waals surface area contributed by atoms with E-state index in [0.29, 0.717) is 17.9 Å². The maximum absolute atomic E-state index is 12.5. The second-order valence-electron chi connectivity index (χ2n) is 8.11. The predicted octanol–water partition coefficient (Wildman–Crippen LogP) is 4.09. The number of hydrogen-bond donors (Lipinski definition) is 1. The van der Waals surface area contributed by atoms with Gasteiger partial charge in [0.1, 0.15) is 0 Å². The maximum Gasteiger partial charge on any atom is 0.311 e. The van der Waals surface area contributed by atoms with Crippen molar-refractivity contribution >= 4 is 11.7 Å². The van der Waals surface area contributed by atoms with Gasteiger partial charge in [-0.15, -0.1) is 0 Å². The fourth-order valence-corrected chi connectivity index (χ4v) is 5.73. The van der Waals surface area contributed by atoms with Crippen LogP contribution in [-0.2, 0) is 4.79 Å². The van der Waals surface area contributed by atoms with Crippen molar-refractivity contribution in [3.05, 3.63) is 23.8 Å². The van der Waals surface area contributed by atoms with Crippen LogP contribution >= 0.6 is 0 Å². The molecule has 4 fully saturated rings. The summed E-state index contributed by atoms with van der Waals surface area (Å²) < 4.78 is 5.58. The van der Waals surface area contributed by atoms with Crippen molar-refractivity contribution < 1.29 is 9.53 Å². The highest BCUT2D eigenvalue weighted by Crippen LogP contribution is 2.61. The Morgan fingerprint density at radius 2 is 1.77 bits per heavy atom. The minimum Gasteiger partial charge on any atom is -0.424 e. The van der Waals surface area contributed by atoms with Gasteiger partial charge in [0, 0.05) is 0 Å². The topological polar surface area (TPSA) is 52.3 Å². The molecular weight excluding hydrogens is 274 g/mol. The number of esters is 1. The van der Waals surface area contributed by atoms with Gasteiger partial charge in [0.15, 0.2) is 5.75 Å². The van der Waals surface area contributed by atoms with Crippen molar-refractivity contribution in [3.8, 4) is 5.75 Å². The van der Waals surface area contributed by atoms with E-state index in [1.807, 2.05) is 25.1 Å². The van der Waals surface area contributed by atoms with E-state index in [9.17, 15) is 4.79 Å². The van der Waals surface area contributed by atoms with Gasteiger partial charge in [0.05, 0.1) is 12.1 Å². The van der Waals surface area contributed by atoms with Crippen molar-refractivity contribution in [1.82, 2.24) is 0 Å². The van der Waals surface area contributed by atoms with Crippen molar-refractivity contribution in [3.63, 3.8) is 0 Å². The summed E-state index contributed by atoms with van der Waals surface area (Å²) >= 11 is 0. The van der Waals surface area contributed by atoms with Crippen LogP contribution in [0.25, 0.3) is 0 Å². The largest absolute Gasteiger partial charge is 0.424 e. The standard InChI is InChI=1S/C19H25NO2/c1-12-2-3-17(16(20)4-12)22-18(21)11-19-8-13-5-14(9-19)7-15(6-13)10-19/h2-4,13-15H,5-11,20H2,1H3. The summed E-state index contributed by atoms with van der Waals surface area (Å²) in [7, 11) is 0. The summed E-state index contributed by atoms with van der Waals surface area (Å²) in [5.74, 6) is 3.01. The third kappa shape index (κ3) is 2.51. The Labute approximate surface area is 132 Å². The van der Waals surface area contributed by atoms with E-state index >= 15 is 0 Å². The van der Waals surface area contributed by atoms with Gasteiger partial charge in [-0.2, -0.15) is 0 Å². The van der Waals surface area contributed by atoms with Gasteiger partial charge in [-0.1, -0.05) is 6.07 Å². The minimum absolute atomic E-state index is 0.0995. The summed E-state index contributed by atoms with van der Waals surface area (Å²) in [5.41, 5.74) is 7.82. The Hall–Kier alpha value is -1.51. The van der Waals surface area contributed by atoms with Crippen LogP contribution in [0.1, 0.15) is 50.5 Å². The summed E-state index contributed by atoms with van der Waals surface area (Å²) in [5, 5.41) is 0. The Kier molecular flexibility index (Phi) is 3.21. The van der Waals surface area contributed by atoms with Crippen LogP contribution in [0, 0.1) is 30.1 Å². The molecule has 22 heavy (non-hydrogen) atoms.